The normalized spacial score (nSPS) is 10.6. The second-order valence-corrected chi connectivity index (χ2v) is 7.99. The van der Waals surface area contributed by atoms with E-state index in [1.807, 2.05) is 19.1 Å². The van der Waals surface area contributed by atoms with E-state index in [4.69, 9.17) is 13.9 Å². The van der Waals surface area contributed by atoms with Crippen LogP contribution in [0.1, 0.15) is 31.4 Å². The standard InChI is InChI=1S/C27H26O6/c1-16(2)25(28)31-12-6-7-19-13-18(5)24-21(14-19)15-23(27(30)33-24)20-8-10-22(11-9-20)32-26(29)17(3)4/h8-11,13-15H,1,3,6-7,12H2,2,4-5H3. The molecule has 0 aliphatic rings. The van der Waals surface area contributed by atoms with Gasteiger partial charge < -0.3 is 13.9 Å². The van der Waals surface area contributed by atoms with Crippen molar-refractivity contribution in [2.24, 2.45) is 0 Å². The summed E-state index contributed by atoms with van der Waals surface area (Å²) < 4.78 is 16.0. The predicted molar refractivity (Wildman–Crippen MR) is 127 cm³/mol. The van der Waals surface area contributed by atoms with E-state index in [0.29, 0.717) is 53.1 Å². The van der Waals surface area contributed by atoms with Crippen LogP contribution in [0.3, 0.4) is 0 Å². The van der Waals surface area contributed by atoms with Crippen LogP contribution in [0.4, 0.5) is 0 Å². The Morgan fingerprint density at radius 3 is 2.27 bits per heavy atom. The monoisotopic (exact) mass is 446 g/mol. The van der Waals surface area contributed by atoms with E-state index in [-0.39, 0.29) is 0 Å². The maximum absolute atomic E-state index is 12.6. The molecule has 0 fully saturated rings. The van der Waals surface area contributed by atoms with E-state index in [1.54, 1.807) is 44.2 Å². The van der Waals surface area contributed by atoms with Crippen LogP contribution in [0.15, 0.2) is 76.0 Å². The molecule has 3 rings (SSSR count). The van der Waals surface area contributed by atoms with Crippen molar-refractivity contribution < 1.29 is 23.5 Å². The Morgan fingerprint density at radius 1 is 0.970 bits per heavy atom. The first-order valence-electron chi connectivity index (χ1n) is 10.5. The number of hydrogen-bond acceptors (Lipinski definition) is 6. The van der Waals surface area contributed by atoms with Crippen LogP contribution in [-0.4, -0.2) is 18.5 Å². The Hall–Kier alpha value is -3.93. The van der Waals surface area contributed by atoms with E-state index < -0.39 is 17.6 Å². The highest BCUT2D eigenvalue weighted by Gasteiger charge is 2.12. The molecule has 0 unspecified atom stereocenters. The summed E-state index contributed by atoms with van der Waals surface area (Å²) in [7, 11) is 0. The molecule has 0 amide bonds. The second kappa shape index (κ2) is 10.1. The maximum Gasteiger partial charge on any atom is 0.344 e. The third kappa shape index (κ3) is 5.86. The molecular weight excluding hydrogens is 420 g/mol. The van der Waals surface area contributed by atoms with Gasteiger partial charge in [0.1, 0.15) is 11.3 Å². The molecule has 0 saturated carbocycles. The molecule has 1 heterocycles. The highest BCUT2D eigenvalue weighted by Crippen LogP contribution is 2.26. The zero-order valence-electron chi connectivity index (χ0n) is 19.0. The molecule has 1 aromatic heterocycles. The van der Waals surface area contributed by atoms with Gasteiger partial charge in [-0.05, 0) is 74.6 Å². The average molecular weight is 446 g/mol. The summed E-state index contributed by atoms with van der Waals surface area (Å²) in [5, 5.41) is 0.802. The van der Waals surface area contributed by atoms with Crippen LogP contribution in [0.2, 0.25) is 0 Å². The van der Waals surface area contributed by atoms with Crippen LogP contribution in [0.5, 0.6) is 5.75 Å². The lowest BCUT2D eigenvalue weighted by atomic mass is 10.0. The quantitative estimate of drug-likeness (QED) is 0.153. The minimum Gasteiger partial charge on any atom is -0.462 e. The fourth-order valence-electron chi connectivity index (χ4n) is 3.29. The zero-order valence-corrected chi connectivity index (χ0v) is 19.0. The Labute approximate surface area is 192 Å². The van der Waals surface area contributed by atoms with Gasteiger partial charge in [0, 0.05) is 16.5 Å². The molecule has 2 aromatic carbocycles. The molecule has 0 aliphatic heterocycles. The SMILES string of the molecule is C=C(C)C(=O)OCCCc1cc(C)c2oc(=O)c(-c3ccc(OC(=O)C(=C)C)cc3)cc2c1. The first-order chi connectivity index (χ1) is 15.7. The van der Waals surface area contributed by atoms with Gasteiger partial charge in [0.25, 0.3) is 0 Å². The molecule has 6 heteroatoms. The first-order valence-corrected chi connectivity index (χ1v) is 10.5. The van der Waals surface area contributed by atoms with Crippen LogP contribution >= 0.6 is 0 Å². The predicted octanol–water partition coefficient (Wildman–Crippen LogP) is 5.30. The van der Waals surface area contributed by atoms with Crippen LogP contribution in [0, 0.1) is 6.92 Å². The van der Waals surface area contributed by atoms with Gasteiger partial charge in [0.05, 0.1) is 12.2 Å². The molecule has 3 aromatic rings. The van der Waals surface area contributed by atoms with Gasteiger partial charge in [-0.1, -0.05) is 31.4 Å². The van der Waals surface area contributed by atoms with Crippen molar-refractivity contribution in [3.05, 3.63) is 88.3 Å². The van der Waals surface area contributed by atoms with E-state index in [2.05, 4.69) is 13.2 Å². The third-order valence-electron chi connectivity index (χ3n) is 4.99. The summed E-state index contributed by atoms with van der Waals surface area (Å²) in [4.78, 5) is 35.8. The van der Waals surface area contributed by atoms with Gasteiger partial charge in [0.2, 0.25) is 0 Å². The Morgan fingerprint density at radius 2 is 1.64 bits per heavy atom. The van der Waals surface area contributed by atoms with E-state index >= 15 is 0 Å². The molecule has 0 saturated heterocycles. The van der Waals surface area contributed by atoms with Crippen molar-refractivity contribution >= 4 is 22.9 Å². The molecule has 0 spiro atoms. The zero-order chi connectivity index (χ0) is 24.1. The third-order valence-corrected chi connectivity index (χ3v) is 4.99. The van der Waals surface area contributed by atoms with Gasteiger partial charge in [-0.15, -0.1) is 0 Å². The number of carbonyl (C=O) groups excluding carboxylic acids is 2. The summed E-state index contributed by atoms with van der Waals surface area (Å²) in [5.74, 6) is -0.538. The minimum atomic E-state index is -0.509. The summed E-state index contributed by atoms with van der Waals surface area (Å²) in [6.07, 6.45) is 1.37. The van der Waals surface area contributed by atoms with Crippen molar-refractivity contribution in [1.82, 2.24) is 0 Å². The number of ether oxygens (including phenoxy) is 2. The van der Waals surface area contributed by atoms with Gasteiger partial charge in [-0.25, -0.2) is 14.4 Å². The van der Waals surface area contributed by atoms with Crippen molar-refractivity contribution in [2.75, 3.05) is 6.61 Å². The van der Waals surface area contributed by atoms with Crippen molar-refractivity contribution in [2.45, 2.75) is 33.6 Å². The molecule has 0 aliphatic carbocycles. The number of esters is 2. The van der Waals surface area contributed by atoms with Crippen LogP contribution in [-0.2, 0) is 20.7 Å². The van der Waals surface area contributed by atoms with E-state index in [9.17, 15) is 14.4 Å². The number of aryl methyl sites for hydroxylation is 2. The van der Waals surface area contributed by atoms with Crippen LogP contribution in [0.25, 0.3) is 22.1 Å². The average Bonchev–Trinajstić information content (AvgIpc) is 2.77. The van der Waals surface area contributed by atoms with E-state index in [1.165, 1.54) is 0 Å². The fourth-order valence-corrected chi connectivity index (χ4v) is 3.29. The van der Waals surface area contributed by atoms with Crippen molar-refractivity contribution in [1.29, 1.82) is 0 Å². The van der Waals surface area contributed by atoms with Gasteiger partial charge in [0.15, 0.2) is 0 Å². The fraction of sp³-hybridized carbons (Fsp3) is 0.222. The van der Waals surface area contributed by atoms with Gasteiger partial charge >= 0.3 is 17.6 Å². The lowest BCUT2D eigenvalue weighted by Gasteiger charge is -2.09. The highest BCUT2D eigenvalue weighted by atomic mass is 16.5. The molecular formula is C27H26O6. The topological polar surface area (TPSA) is 82.8 Å². The molecule has 0 bridgehead atoms. The lowest BCUT2D eigenvalue weighted by molar-refractivity contribution is -0.139. The minimum absolute atomic E-state index is 0.300. The van der Waals surface area contributed by atoms with Crippen molar-refractivity contribution in [3.63, 3.8) is 0 Å². The summed E-state index contributed by atoms with van der Waals surface area (Å²) >= 11 is 0. The number of fused-ring (bicyclic) bond motifs is 1. The van der Waals surface area contributed by atoms with Gasteiger partial charge in [-0.3, -0.25) is 0 Å². The molecule has 33 heavy (non-hydrogen) atoms. The largest absolute Gasteiger partial charge is 0.462 e. The molecule has 0 atom stereocenters. The van der Waals surface area contributed by atoms with E-state index in [0.717, 1.165) is 16.5 Å². The summed E-state index contributed by atoms with van der Waals surface area (Å²) in [5.41, 5.74) is 3.73. The number of carbonyl (C=O) groups is 2. The molecule has 170 valence electrons. The molecule has 0 radical (unpaired) electrons. The van der Waals surface area contributed by atoms with Crippen LogP contribution < -0.4 is 10.4 Å². The second-order valence-electron chi connectivity index (χ2n) is 7.99. The first kappa shape index (κ1) is 23.7. The Bertz CT molecular complexity index is 1290. The molecule has 0 N–H and O–H groups in total. The number of hydrogen-bond donors (Lipinski definition) is 0. The smallest absolute Gasteiger partial charge is 0.344 e. The summed E-state index contributed by atoms with van der Waals surface area (Å²) in [6.45, 7) is 12.5. The number of rotatable bonds is 8. The van der Waals surface area contributed by atoms with Gasteiger partial charge in [-0.2, -0.15) is 0 Å². The molecule has 6 nitrogen and oxygen atoms in total. The summed E-state index contributed by atoms with van der Waals surface area (Å²) in [6, 6.07) is 12.4. The van der Waals surface area contributed by atoms with Crippen molar-refractivity contribution in [3.8, 4) is 16.9 Å². The highest BCUT2D eigenvalue weighted by molar-refractivity contribution is 5.89. The maximum atomic E-state index is 12.6. The number of benzene rings is 2. The Balaban J connectivity index is 1.82. The Kier molecular flexibility index (Phi) is 7.28. The lowest BCUT2D eigenvalue weighted by Crippen LogP contribution is -2.08.